The summed E-state index contributed by atoms with van der Waals surface area (Å²) in [5.41, 5.74) is 0. The molecule has 0 N–H and O–H groups in total. The molecule has 0 spiro atoms. The summed E-state index contributed by atoms with van der Waals surface area (Å²) in [6.45, 7) is 1.91. The lowest BCUT2D eigenvalue weighted by Gasteiger charge is -2.11. The van der Waals surface area contributed by atoms with Gasteiger partial charge >= 0.3 is 0 Å². The van der Waals surface area contributed by atoms with E-state index in [2.05, 4.69) is 11.8 Å². The van der Waals surface area contributed by atoms with Crippen LogP contribution in [-0.2, 0) is 0 Å². The second kappa shape index (κ2) is 5.49. The maximum Gasteiger partial charge on any atom is 0.0339 e. The van der Waals surface area contributed by atoms with Crippen LogP contribution in [0.2, 0.25) is 0 Å². The number of hydrogen-bond acceptors (Lipinski definition) is 0. The molecule has 0 amide bonds. The van der Waals surface area contributed by atoms with Gasteiger partial charge in [-0.25, -0.2) is 0 Å². The van der Waals surface area contributed by atoms with Crippen molar-refractivity contribution in [2.24, 2.45) is 5.92 Å². The molecule has 0 nitrogen and oxygen atoms in total. The predicted molar refractivity (Wildman–Crippen MR) is 54.3 cm³/mol. The van der Waals surface area contributed by atoms with Crippen LogP contribution in [0.15, 0.2) is 0 Å². The molecule has 68 valence electrons. The molecule has 1 fully saturated rings. The summed E-state index contributed by atoms with van der Waals surface area (Å²) >= 11 is 6.15. The van der Waals surface area contributed by atoms with E-state index in [4.69, 9.17) is 11.6 Å². The van der Waals surface area contributed by atoms with Crippen LogP contribution in [0.1, 0.15) is 45.4 Å². The molecule has 1 saturated carbocycles. The lowest BCUT2D eigenvalue weighted by Crippen LogP contribution is -2.04. The van der Waals surface area contributed by atoms with E-state index in [9.17, 15) is 0 Å². The molecule has 0 aliphatic heterocycles. The largest absolute Gasteiger partial charge is 0.123 e. The Morgan fingerprint density at radius 2 is 2.08 bits per heavy atom. The molecular weight excluding hydrogens is 168 g/mol. The molecule has 1 aliphatic rings. The highest BCUT2D eigenvalue weighted by Gasteiger charge is 2.17. The molecule has 0 saturated heterocycles. The van der Waals surface area contributed by atoms with Crippen molar-refractivity contribution in [1.29, 1.82) is 0 Å². The Hall–Kier alpha value is -0.150. The van der Waals surface area contributed by atoms with Crippen LogP contribution in [0, 0.1) is 17.8 Å². The topological polar surface area (TPSA) is 0 Å². The minimum absolute atomic E-state index is 0.413. The van der Waals surface area contributed by atoms with Crippen LogP contribution in [0.4, 0.5) is 0 Å². The zero-order valence-electron chi connectivity index (χ0n) is 7.78. The fraction of sp³-hybridized carbons (Fsp3) is 0.818. The highest BCUT2D eigenvalue weighted by molar-refractivity contribution is 6.20. The summed E-state index contributed by atoms with van der Waals surface area (Å²) in [4.78, 5) is 0. The summed E-state index contributed by atoms with van der Waals surface area (Å²) in [7, 11) is 0. The van der Waals surface area contributed by atoms with E-state index >= 15 is 0 Å². The van der Waals surface area contributed by atoms with Gasteiger partial charge in [-0.05, 0) is 32.1 Å². The van der Waals surface area contributed by atoms with Gasteiger partial charge in [-0.3, -0.25) is 0 Å². The van der Waals surface area contributed by atoms with Crippen molar-refractivity contribution in [3.63, 3.8) is 0 Å². The number of hydrogen-bond donors (Lipinski definition) is 0. The van der Waals surface area contributed by atoms with Gasteiger partial charge in [0.1, 0.15) is 0 Å². The van der Waals surface area contributed by atoms with Crippen molar-refractivity contribution in [2.45, 2.75) is 50.8 Å². The first-order valence-corrected chi connectivity index (χ1v) is 5.30. The summed E-state index contributed by atoms with van der Waals surface area (Å²) in [5.74, 6) is 6.88. The van der Waals surface area contributed by atoms with Gasteiger partial charge in [0.05, 0.1) is 0 Å². The van der Waals surface area contributed by atoms with Crippen LogP contribution < -0.4 is 0 Å². The molecule has 0 radical (unpaired) electrons. The molecule has 0 aromatic heterocycles. The summed E-state index contributed by atoms with van der Waals surface area (Å²) in [5, 5.41) is 0.413. The Labute approximate surface area is 80.7 Å². The smallest absolute Gasteiger partial charge is 0.0339 e. The van der Waals surface area contributed by atoms with Gasteiger partial charge in [0.15, 0.2) is 0 Å². The number of halogens is 1. The van der Waals surface area contributed by atoms with Gasteiger partial charge in [0, 0.05) is 11.8 Å². The third kappa shape index (κ3) is 3.50. The zero-order valence-corrected chi connectivity index (χ0v) is 8.53. The molecular formula is C11H17Cl. The Balaban J connectivity index is 2.34. The molecule has 0 aromatic rings. The normalized spacial score (nSPS) is 30.2. The third-order valence-electron chi connectivity index (χ3n) is 2.54. The average molecular weight is 185 g/mol. The van der Waals surface area contributed by atoms with E-state index in [1.54, 1.807) is 0 Å². The van der Waals surface area contributed by atoms with Gasteiger partial charge in [-0.2, -0.15) is 0 Å². The maximum atomic E-state index is 6.15. The Morgan fingerprint density at radius 1 is 1.33 bits per heavy atom. The van der Waals surface area contributed by atoms with E-state index in [0.29, 0.717) is 5.38 Å². The maximum absolute atomic E-state index is 6.15. The van der Waals surface area contributed by atoms with E-state index in [1.165, 1.54) is 32.1 Å². The van der Waals surface area contributed by atoms with Crippen LogP contribution in [0.3, 0.4) is 0 Å². The molecule has 1 aliphatic carbocycles. The minimum Gasteiger partial charge on any atom is -0.123 e. The molecule has 1 rings (SSSR count). The van der Waals surface area contributed by atoms with E-state index in [1.807, 2.05) is 6.92 Å². The lowest BCUT2D eigenvalue weighted by molar-refractivity contribution is 0.474. The highest BCUT2D eigenvalue weighted by atomic mass is 35.5. The first kappa shape index (κ1) is 9.93. The van der Waals surface area contributed by atoms with Gasteiger partial charge < -0.3 is 0 Å². The Morgan fingerprint density at radius 3 is 2.83 bits per heavy atom. The summed E-state index contributed by atoms with van der Waals surface area (Å²) < 4.78 is 0. The van der Waals surface area contributed by atoms with Crippen molar-refractivity contribution < 1.29 is 0 Å². The molecule has 0 aromatic carbocycles. The monoisotopic (exact) mass is 184 g/mol. The number of alkyl halides is 1. The molecule has 1 heteroatoms. The molecule has 0 heterocycles. The first-order chi connectivity index (χ1) is 5.83. The van der Waals surface area contributed by atoms with Gasteiger partial charge in [-0.1, -0.05) is 12.8 Å². The second-order valence-electron chi connectivity index (χ2n) is 3.61. The van der Waals surface area contributed by atoms with Crippen LogP contribution in [0.25, 0.3) is 0 Å². The Bertz CT molecular complexity index is 175. The Kier molecular flexibility index (Phi) is 4.54. The first-order valence-electron chi connectivity index (χ1n) is 4.86. The average Bonchev–Trinajstić information content (AvgIpc) is 2.26. The standard InChI is InChI=1S/C11H17Cl/c1-2-3-6-10-7-4-5-8-11(12)9-10/h10-11H,4-9H2,1H3. The van der Waals surface area contributed by atoms with E-state index in [-0.39, 0.29) is 0 Å². The molecule has 12 heavy (non-hydrogen) atoms. The molecule has 2 atom stereocenters. The molecule has 2 unspecified atom stereocenters. The van der Waals surface area contributed by atoms with E-state index in [0.717, 1.165) is 12.3 Å². The predicted octanol–water partition coefficient (Wildman–Crippen LogP) is 3.59. The van der Waals surface area contributed by atoms with Crippen molar-refractivity contribution in [2.75, 3.05) is 0 Å². The highest BCUT2D eigenvalue weighted by Crippen LogP contribution is 2.28. The van der Waals surface area contributed by atoms with Crippen molar-refractivity contribution in [1.82, 2.24) is 0 Å². The van der Waals surface area contributed by atoms with Crippen molar-refractivity contribution >= 4 is 11.6 Å². The zero-order chi connectivity index (χ0) is 8.81. The van der Waals surface area contributed by atoms with Crippen molar-refractivity contribution in [3.05, 3.63) is 0 Å². The minimum atomic E-state index is 0.413. The van der Waals surface area contributed by atoms with Crippen LogP contribution in [-0.4, -0.2) is 5.38 Å². The summed E-state index contributed by atoms with van der Waals surface area (Å²) in [6, 6.07) is 0. The quantitative estimate of drug-likeness (QED) is 0.332. The van der Waals surface area contributed by atoms with Gasteiger partial charge in [0.2, 0.25) is 0 Å². The fourth-order valence-corrected chi connectivity index (χ4v) is 2.23. The SMILES string of the molecule is CC#CCC1CCCCC(Cl)C1. The van der Waals surface area contributed by atoms with Crippen LogP contribution >= 0.6 is 11.6 Å². The van der Waals surface area contributed by atoms with Gasteiger partial charge in [0.25, 0.3) is 0 Å². The lowest BCUT2D eigenvalue weighted by atomic mass is 9.97. The van der Waals surface area contributed by atoms with Crippen LogP contribution in [0.5, 0.6) is 0 Å². The number of rotatable bonds is 1. The van der Waals surface area contributed by atoms with Gasteiger partial charge in [-0.15, -0.1) is 23.4 Å². The second-order valence-corrected chi connectivity index (χ2v) is 4.23. The third-order valence-corrected chi connectivity index (χ3v) is 2.93. The summed E-state index contributed by atoms with van der Waals surface area (Å²) in [6.07, 6.45) is 7.43. The van der Waals surface area contributed by atoms with Crippen molar-refractivity contribution in [3.8, 4) is 11.8 Å². The van der Waals surface area contributed by atoms with E-state index < -0.39 is 0 Å². The fourth-order valence-electron chi connectivity index (χ4n) is 1.83. The molecule has 0 bridgehead atoms.